The van der Waals surface area contributed by atoms with Crippen molar-refractivity contribution in [2.24, 2.45) is 0 Å². The number of carbonyl (C=O) groups is 3. The van der Waals surface area contributed by atoms with Gasteiger partial charge in [-0.3, -0.25) is 14.5 Å². The van der Waals surface area contributed by atoms with E-state index in [1.807, 2.05) is 13.0 Å². The number of hydrogen-bond acceptors (Lipinski definition) is 3. The summed E-state index contributed by atoms with van der Waals surface area (Å²) >= 11 is 0. The summed E-state index contributed by atoms with van der Waals surface area (Å²) in [7, 11) is 0. The van der Waals surface area contributed by atoms with Crippen LogP contribution in [0, 0.1) is 13.8 Å². The monoisotopic (exact) mass is 325 g/mol. The van der Waals surface area contributed by atoms with Crippen LogP contribution in [-0.2, 0) is 10.3 Å². The zero-order valence-corrected chi connectivity index (χ0v) is 13.8. The van der Waals surface area contributed by atoms with Gasteiger partial charge in [0.05, 0.1) is 6.54 Å². The van der Waals surface area contributed by atoms with Crippen LogP contribution in [0.4, 0.5) is 4.79 Å². The summed E-state index contributed by atoms with van der Waals surface area (Å²) < 4.78 is 0. The summed E-state index contributed by atoms with van der Waals surface area (Å²) in [6.45, 7) is 5.02. The van der Waals surface area contributed by atoms with Gasteiger partial charge in [-0.15, -0.1) is 0 Å². The molecule has 3 amide bonds. The number of aromatic amines is 1. The van der Waals surface area contributed by atoms with E-state index in [9.17, 15) is 14.4 Å². The van der Waals surface area contributed by atoms with Crippen molar-refractivity contribution in [2.75, 3.05) is 6.54 Å². The van der Waals surface area contributed by atoms with Crippen LogP contribution >= 0.6 is 0 Å². The lowest BCUT2D eigenvalue weighted by Crippen LogP contribution is -2.41. The van der Waals surface area contributed by atoms with E-state index in [-0.39, 0.29) is 12.3 Å². The molecule has 2 heterocycles. The van der Waals surface area contributed by atoms with E-state index in [0.29, 0.717) is 11.1 Å². The molecule has 6 heteroatoms. The number of Topliss-reactive ketones (excluding diaryl/α,β-unsaturated/α-hetero) is 1. The van der Waals surface area contributed by atoms with Gasteiger partial charge in [-0.2, -0.15) is 0 Å². The molecule has 2 N–H and O–H groups in total. The van der Waals surface area contributed by atoms with E-state index in [2.05, 4.69) is 10.3 Å². The number of imide groups is 1. The zero-order chi connectivity index (χ0) is 17.5. The van der Waals surface area contributed by atoms with Crippen LogP contribution < -0.4 is 5.32 Å². The number of amides is 3. The molecule has 1 aromatic carbocycles. The summed E-state index contributed by atoms with van der Waals surface area (Å²) in [5.41, 5.74) is 1.63. The Bertz CT molecular complexity index is 825. The number of aromatic nitrogens is 1. The van der Waals surface area contributed by atoms with Gasteiger partial charge in [-0.05, 0) is 32.4 Å². The third kappa shape index (κ3) is 2.50. The third-order valence-corrected chi connectivity index (χ3v) is 4.38. The Morgan fingerprint density at radius 2 is 1.83 bits per heavy atom. The number of carbonyl (C=O) groups excluding carboxylic acids is 3. The van der Waals surface area contributed by atoms with E-state index in [0.717, 1.165) is 16.3 Å². The number of nitrogens with zero attached hydrogens (tertiary/aromatic N) is 1. The molecule has 0 aliphatic carbocycles. The lowest BCUT2D eigenvalue weighted by molar-refractivity contribution is -0.130. The van der Waals surface area contributed by atoms with E-state index in [1.54, 1.807) is 44.2 Å². The van der Waals surface area contributed by atoms with Crippen molar-refractivity contribution in [1.29, 1.82) is 0 Å². The number of urea groups is 1. The van der Waals surface area contributed by atoms with Crippen molar-refractivity contribution in [3.63, 3.8) is 0 Å². The maximum absolute atomic E-state index is 12.8. The van der Waals surface area contributed by atoms with Crippen LogP contribution in [0.2, 0.25) is 0 Å². The molecule has 3 rings (SSSR count). The van der Waals surface area contributed by atoms with Gasteiger partial charge in [-0.1, -0.05) is 30.3 Å². The van der Waals surface area contributed by atoms with Crippen LogP contribution in [0.1, 0.15) is 34.2 Å². The first kappa shape index (κ1) is 16.0. The molecule has 2 aromatic rings. The maximum Gasteiger partial charge on any atom is 0.325 e. The molecule has 0 saturated carbocycles. The van der Waals surface area contributed by atoms with E-state index in [1.165, 1.54) is 0 Å². The molecule has 1 aliphatic rings. The molecule has 6 nitrogen and oxygen atoms in total. The van der Waals surface area contributed by atoms with Crippen molar-refractivity contribution in [2.45, 2.75) is 26.3 Å². The van der Waals surface area contributed by atoms with Gasteiger partial charge in [0.2, 0.25) is 0 Å². The molecule has 0 bridgehead atoms. The molecular weight excluding hydrogens is 306 g/mol. The molecule has 1 aliphatic heterocycles. The average molecular weight is 325 g/mol. The molecule has 1 aromatic heterocycles. The number of benzene rings is 1. The highest BCUT2D eigenvalue weighted by Gasteiger charge is 2.49. The topological polar surface area (TPSA) is 82.3 Å². The second kappa shape index (κ2) is 5.63. The van der Waals surface area contributed by atoms with Gasteiger partial charge in [0.1, 0.15) is 5.54 Å². The Balaban J connectivity index is 1.85. The van der Waals surface area contributed by atoms with Crippen molar-refractivity contribution in [3.05, 3.63) is 58.9 Å². The summed E-state index contributed by atoms with van der Waals surface area (Å²) in [4.78, 5) is 41.6. The number of hydrogen-bond donors (Lipinski definition) is 2. The van der Waals surface area contributed by atoms with Crippen molar-refractivity contribution < 1.29 is 14.4 Å². The second-order valence-corrected chi connectivity index (χ2v) is 6.23. The van der Waals surface area contributed by atoms with Crippen LogP contribution in [-0.4, -0.2) is 34.2 Å². The van der Waals surface area contributed by atoms with Gasteiger partial charge in [0.25, 0.3) is 5.91 Å². The largest absolute Gasteiger partial charge is 0.362 e. The molecule has 0 unspecified atom stereocenters. The average Bonchev–Trinajstić information content (AvgIpc) is 3.00. The zero-order valence-electron chi connectivity index (χ0n) is 13.8. The lowest BCUT2D eigenvalue weighted by Gasteiger charge is -2.22. The molecular formula is C18H19N3O3. The minimum atomic E-state index is -1.15. The SMILES string of the molecule is Cc1cc(C(=O)CN2C(=O)N[C@@](C)(c3ccccc3)C2=O)c(C)[nH]1. The number of ketones is 1. The van der Waals surface area contributed by atoms with Crippen molar-refractivity contribution >= 4 is 17.7 Å². The fourth-order valence-corrected chi connectivity index (χ4v) is 3.05. The molecule has 124 valence electrons. The van der Waals surface area contributed by atoms with Gasteiger partial charge < -0.3 is 10.3 Å². The fourth-order valence-electron chi connectivity index (χ4n) is 3.05. The third-order valence-electron chi connectivity index (χ3n) is 4.38. The summed E-state index contributed by atoms with van der Waals surface area (Å²) in [5, 5.41) is 2.70. The minimum absolute atomic E-state index is 0.266. The first-order valence-electron chi connectivity index (χ1n) is 7.72. The molecule has 24 heavy (non-hydrogen) atoms. The first-order valence-corrected chi connectivity index (χ1v) is 7.72. The van der Waals surface area contributed by atoms with E-state index < -0.39 is 17.5 Å². The summed E-state index contributed by atoms with van der Waals surface area (Å²) in [5.74, 6) is -0.686. The van der Waals surface area contributed by atoms with Gasteiger partial charge in [0, 0.05) is 17.0 Å². The Kier molecular flexibility index (Phi) is 3.75. The highest BCUT2D eigenvalue weighted by atomic mass is 16.2. The van der Waals surface area contributed by atoms with E-state index >= 15 is 0 Å². The predicted molar refractivity (Wildman–Crippen MR) is 88.6 cm³/mol. The first-order chi connectivity index (χ1) is 11.3. The van der Waals surface area contributed by atoms with Crippen molar-refractivity contribution in [1.82, 2.24) is 15.2 Å². The van der Waals surface area contributed by atoms with Gasteiger partial charge in [0.15, 0.2) is 5.78 Å². The van der Waals surface area contributed by atoms with Gasteiger partial charge in [-0.25, -0.2) is 4.79 Å². The molecule has 0 spiro atoms. The lowest BCUT2D eigenvalue weighted by atomic mass is 9.92. The Hall–Kier alpha value is -2.89. The number of nitrogens with one attached hydrogen (secondary N) is 2. The molecule has 0 radical (unpaired) electrons. The highest BCUT2D eigenvalue weighted by molar-refractivity contribution is 6.11. The van der Waals surface area contributed by atoms with Crippen LogP contribution in [0.25, 0.3) is 0 Å². The van der Waals surface area contributed by atoms with E-state index in [4.69, 9.17) is 0 Å². The molecule has 1 saturated heterocycles. The van der Waals surface area contributed by atoms with Crippen LogP contribution in [0.5, 0.6) is 0 Å². The Morgan fingerprint density at radius 3 is 2.42 bits per heavy atom. The number of H-pyrrole nitrogens is 1. The number of rotatable bonds is 4. The Morgan fingerprint density at radius 1 is 1.17 bits per heavy atom. The van der Waals surface area contributed by atoms with Crippen LogP contribution in [0.15, 0.2) is 36.4 Å². The molecule has 1 fully saturated rings. The smallest absolute Gasteiger partial charge is 0.325 e. The normalized spacial score (nSPS) is 20.4. The second-order valence-electron chi connectivity index (χ2n) is 6.23. The van der Waals surface area contributed by atoms with Crippen molar-refractivity contribution in [3.8, 4) is 0 Å². The summed E-state index contributed by atoms with van der Waals surface area (Å²) in [6, 6.07) is 10.2. The quantitative estimate of drug-likeness (QED) is 0.668. The standard InChI is InChI=1S/C18H19N3O3/c1-11-9-14(12(2)19-11)15(22)10-21-16(23)18(3,20-17(21)24)13-7-5-4-6-8-13/h4-9,19H,10H2,1-3H3,(H,20,24)/t18-/m0/s1. The molecule has 1 atom stereocenters. The van der Waals surface area contributed by atoms with Crippen LogP contribution in [0.3, 0.4) is 0 Å². The fraction of sp³-hybridized carbons (Fsp3) is 0.278. The predicted octanol–water partition coefficient (Wildman–Crippen LogP) is 2.28. The van der Waals surface area contributed by atoms with Gasteiger partial charge >= 0.3 is 6.03 Å². The highest BCUT2D eigenvalue weighted by Crippen LogP contribution is 2.28. The minimum Gasteiger partial charge on any atom is -0.362 e. The Labute approximate surface area is 139 Å². The summed E-state index contributed by atoms with van der Waals surface area (Å²) in [6.07, 6.45) is 0. The maximum atomic E-state index is 12.8. The number of aryl methyl sites for hydroxylation is 2.